The molecule has 0 radical (unpaired) electrons. The lowest BCUT2D eigenvalue weighted by Gasteiger charge is -2.45. The summed E-state index contributed by atoms with van der Waals surface area (Å²) >= 11 is 0. The molecule has 2 aliphatic rings. The molecule has 1 saturated carbocycles. The van der Waals surface area contributed by atoms with Crippen LogP contribution >= 0.6 is 0 Å². The Kier molecular flexibility index (Phi) is 3.99. The van der Waals surface area contributed by atoms with Gasteiger partial charge in [-0.2, -0.15) is 0 Å². The van der Waals surface area contributed by atoms with Crippen molar-refractivity contribution in [1.29, 1.82) is 0 Å². The van der Waals surface area contributed by atoms with E-state index in [0.29, 0.717) is 12.1 Å². The molecule has 1 saturated heterocycles. The number of morpholine rings is 1. The molecule has 1 aliphatic heterocycles. The molecule has 2 fully saturated rings. The van der Waals surface area contributed by atoms with Gasteiger partial charge in [-0.3, -0.25) is 0 Å². The van der Waals surface area contributed by atoms with Crippen LogP contribution in [0.3, 0.4) is 0 Å². The summed E-state index contributed by atoms with van der Waals surface area (Å²) in [6.45, 7) is 2.67. The van der Waals surface area contributed by atoms with Gasteiger partial charge in [0.25, 0.3) is 0 Å². The maximum atomic E-state index is 5.95. The van der Waals surface area contributed by atoms with Crippen molar-refractivity contribution in [2.45, 2.75) is 44.4 Å². The largest absolute Gasteiger partial charge is 0.374 e. The van der Waals surface area contributed by atoms with E-state index >= 15 is 0 Å². The molecule has 0 aromatic carbocycles. The first-order valence-corrected chi connectivity index (χ1v) is 7.37. The highest BCUT2D eigenvalue weighted by atomic mass is 16.5. The first-order valence-electron chi connectivity index (χ1n) is 7.37. The molecule has 1 aromatic heterocycles. The van der Waals surface area contributed by atoms with E-state index in [1.807, 2.05) is 19.3 Å². The van der Waals surface area contributed by atoms with Crippen LogP contribution in [-0.4, -0.2) is 37.3 Å². The summed E-state index contributed by atoms with van der Waals surface area (Å²) in [6, 6.07) is 4.72. The van der Waals surface area contributed by atoms with Gasteiger partial charge in [0.1, 0.15) is 5.82 Å². The number of hydrogen-bond acceptors (Lipinski definition) is 4. The fourth-order valence-corrected chi connectivity index (χ4v) is 3.38. The molecule has 104 valence electrons. The van der Waals surface area contributed by atoms with Gasteiger partial charge in [0.15, 0.2) is 0 Å². The van der Waals surface area contributed by atoms with Crippen molar-refractivity contribution in [2.75, 3.05) is 25.1 Å². The smallest absolute Gasteiger partial charge is 0.133 e. The molecule has 2 atom stereocenters. The zero-order valence-electron chi connectivity index (χ0n) is 11.6. The number of rotatable bonds is 3. The molecule has 0 spiro atoms. The Morgan fingerprint density at radius 3 is 3.21 bits per heavy atom. The fraction of sp³-hybridized carbons (Fsp3) is 0.667. The summed E-state index contributed by atoms with van der Waals surface area (Å²) < 4.78 is 5.95. The normalized spacial score (nSPS) is 27.1. The standard InChI is InChI=1S/C15H23N3O/c1-16-11-12-5-4-8-17-15(12)18-9-10-19-14-7-3-2-6-13(14)18/h4-5,8,13-14,16H,2-3,6-7,9-11H2,1H3. The molecule has 1 aliphatic carbocycles. The van der Waals surface area contributed by atoms with E-state index < -0.39 is 0 Å². The molecule has 2 heterocycles. The van der Waals surface area contributed by atoms with Crippen molar-refractivity contribution in [1.82, 2.24) is 10.3 Å². The van der Waals surface area contributed by atoms with Gasteiger partial charge < -0.3 is 15.0 Å². The second kappa shape index (κ2) is 5.88. The second-order valence-electron chi connectivity index (χ2n) is 5.47. The number of anilines is 1. The summed E-state index contributed by atoms with van der Waals surface area (Å²) in [6.07, 6.45) is 7.37. The molecular weight excluding hydrogens is 238 g/mol. The van der Waals surface area contributed by atoms with Crippen LogP contribution in [0.25, 0.3) is 0 Å². The van der Waals surface area contributed by atoms with Crippen molar-refractivity contribution >= 4 is 5.82 Å². The van der Waals surface area contributed by atoms with Crippen LogP contribution in [0.5, 0.6) is 0 Å². The molecule has 3 rings (SSSR count). The van der Waals surface area contributed by atoms with Crippen LogP contribution in [0, 0.1) is 0 Å². The van der Waals surface area contributed by atoms with Crippen molar-refractivity contribution < 1.29 is 4.74 Å². The molecule has 0 amide bonds. The Morgan fingerprint density at radius 1 is 1.42 bits per heavy atom. The lowest BCUT2D eigenvalue weighted by molar-refractivity contribution is -0.00905. The van der Waals surface area contributed by atoms with Crippen LogP contribution in [-0.2, 0) is 11.3 Å². The minimum absolute atomic E-state index is 0.409. The Labute approximate surface area is 115 Å². The SMILES string of the molecule is CNCc1cccnc1N1CCOC2CCCCC21. The third kappa shape index (κ3) is 2.60. The lowest BCUT2D eigenvalue weighted by atomic mass is 9.90. The third-order valence-corrected chi connectivity index (χ3v) is 4.24. The van der Waals surface area contributed by atoms with Crippen molar-refractivity contribution in [3.8, 4) is 0 Å². The highest BCUT2D eigenvalue weighted by molar-refractivity contribution is 5.48. The van der Waals surface area contributed by atoms with Gasteiger partial charge in [0, 0.05) is 24.8 Å². The highest BCUT2D eigenvalue weighted by Gasteiger charge is 2.35. The lowest BCUT2D eigenvalue weighted by Crippen LogP contribution is -2.53. The van der Waals surface area contributed by atoms with Crippen LogP contribution in [0.4, 0.5) is 5.82 Å². The number of nitrogens with zero attached hydrogens (tertiary/aromatic N) is 2. The molecule has 4 heteroatoms. The van der Waals surface area contributed by atoms with Crippen LogP contribution in [0.2, 0.25) is 0 Å². The predicted octanol–water partition coefficient (Wildman–Crippen LogP) is 1.95. The Bertz CT molecular complexity index is 422. The minimum atomic E-state index is 0.409. The summed E-state index contributed by atoms with van der Waals surface area (Å²) in [5.74, 6) is 1.15. The monoisotopic (exact) mass is 261 g/mol. The van der Waals surface area contributed by atoms with Gasteiger partial charge in [-0.1, -0.05) is 18.9 Å². The fourth-order valence-electron chi connectivity index (χ4n) is 3.38. The van der Waals surface area contributed by atoms with Gasteiger partial charge in [-0.05, 0) is 26.0 Å². The quantitative estimate of drug-likeness (QED) is 0.902. The number of ether oxygens (including phenoxy) is 1. The van der Waals surface area contributed by atoms with Gasteiger partial charge >= 0.3 is 0 Å². The molecule has 0 bridgehead atoms. The zero-order valence-corrected chi connectivity index (χ0v) is 11.6. The summed E-state index contributed by atoms with van der Waals surface area (Å²) in [5, 5.41) is 3.24. The van der Waals surface area contributed by atoms with Gasteiger partial charge in [-0.25, -0.2) is 4.98 Å². The number of nitrogens with one attached hydrogen (secondary N) is 1. The molecule has 2 unspecified atom stereocenters. The van der Waals surface area contributed by atoms with Crippen LogP contribution in [0.15, 0.2) is 18.3 Å². The highest BCUT2D eigenvalue weighted by Crippen LogP contribution is 2.32. The van der Waals surface area contributed by atoms with E-state index in [-0.39, 0.29) is 0 Å². The number of pyridine rings is 1. The van der Waals surface area contributed by atoms with E-state index in [1.54, 1.807) is 0 Å². The van der Waals surface area contributed by atoms with Gasteiger partial charge in [-0.15, -0.1) is 0 Å². The van der Waals surface area contributed by atoms with Crippen molar-refractivity contribution in [2.24, 2.45) is 0 Å². The second-order valence-corrected chi connectivity index (χ2v) is 5.47. The average Bonchev–Trinajstić information content (AvgIpc) is 2.48. The minimum Gasteiger partial charge on any atom is -0.374 e. The maximum Gasteiger partial charge on any atom is 0.133 e. The van der Waals surface area contributed by atoms with E-state index in [4.69, 9.17) is 4.74 Å². The van der Waals surface area contributed by atoms with E-state index in [2.05, 4.69) is 21.3 Å². The average molecular weight is 261 g/mol. The Hall–Kier alpha value is -1.13. The molecule has 1 aromatic rings. The van der Waals surface area contributed by atoms with Crippen LogP contribution in [0.1, 0.15) is 31.2 Å². The van der Waals surface area contributed by atoms with Crippen molar-refractivity contribution in [3.05, 3.63) is 23.9 Å². The Balaban J connectivity index is 1.87. The number of aromatic nitrogens is 1. The predicted molar refractivity (Wildman–Crippen MR) is 76.3 cm³/mol. The zero-order chi connectivity index (χ0) is 13.1. The summed E-state index contributed by atoms with van der Waals surface area (Å²) in [7, 11) is 1.99. The summed E-state index contributed by atoms with van der Waals surface area (Å²) in [4.78, 5) is 7.13. The number of hydrogen-bond donors (Lipinski definition) is 1. The Morgan fingerprint density at radius 2 is 2.32 bits per heavy atom. The topological polar surface area (TPSA) is 37.4 Å². The van der Waals surface area contributed by atoms with Crippen molar-refractivity contribution in [3.63, 3.8) is 0 Å². The molecule has 4 nitrogen and oxygen atoms in total. The van der Waals surface area contributed by atoms with Gasteiger partial charge in [0.2, 0.25) is 0 Å². The summed E-state index contributed by atoms with van der Waals surface area (Å²) in [5.41, 5.74) is 1.29. The van der Waals surface area contributed by atoms with E-state index in [1.165, 1.54) is 31.2 Å². The maximum absolute atomic E-state index is 5.95. The first-order chi connectivity index (χ1) is 9.40. The first kappa shape index (κ1) is 12.9. The molecular formula is C15H23N3O. The van der Waals surface area contributed by atoms with E-state index in [0.717, 1.165) is 25.5 Å². The van der Waals surface area contributed by atoms with E-state index in [9.17, 15) is 0 Å². The number of fused-ring (bicyclic) bond motifs is 1. The van der Waals surface area contributed by atoms with Gasteiger partial charge in [0.05, 0.1) is 18.8 Å². The molecule has 19 heavy (non-hydrogen) atoms. The third-order valence-electron chi connectivity index (χ3n) is 4.24. The van der Waals surface area contributed by atoms with Crippen LogP contribution < -0.4 is 10.2 Å². The molecule has 1 N–H and O–H groups in total.